The van der Waals surface area contributed by atoms with Gasteiger partial charge in [0.15, 0.2) is 5.11 Å². The Morgan fingerprint density at radius 2 is 2.22 bits per heavy atom. The zero-order valence-electron chi connectivity index (χ0n) is 11.1. The van der Waals surface area contributed by atoms with Crippen LogP contribution in [0.2, 0.25) is 0 Å². The minimum Gasteiger partial charge on any atom is -0.360 e. The van der Waals surface area contributed by atoms with Crippen LogP contribution < -0.4 is 5.32 Å². The topological polar surface area (TPSA) is 28.2 Å². The highest BCUT2D eigenvalue weighted by molar-refractivity contribution is 7.80. The maximum absolute atomic E-state index is 5.47. The Labute approximate surface area is 119 Å². The highest BCUT2D eigenvalue weighted by Gasteiger charge is 2.16. The summed E-state index contributed by atoms with van der Waals surface area (Å²) in [6.45, 7) is 2.91. The van der Waals surface area contributed by atoms with Crippen molar-refractivity contribution < 1.29 is 0 Å². The average molecular weight is 283 g/mol. The Hall–Kier alpha value is -0.680. The van der Waals surface area contributed by atoms with Gasteiger partial charge in [-0.1, -0.05) is 19.3 Å². The molecule has 5 heteroatoms. The molecule has 1 aliphatic rings. The van der Waals surface area contributed by atoms with E-state index in [9.17, 15) is 0 Å². The lowest BCUT2D eigenvalue weighted by Gasteiger charge is -2.28. The molecule has 1 saturated carbocycles. The van der Waals surface area contributed by atoms with Crippen LogP contribution in [-0.2, 0) is 6.54 Å². The molecule has 3 nitrogen and oxygen atoms in total. The Balaban J connectivity index is 1.83. The number of hydrogen-bond donors (Lipinski definition) is 1. The molecular formula is C13H21N3S2. The van der Waals surface area contributed by atoms with Crippen LogP contribution in [0.5, 0.6) is 0 Å². The molecule has 100 valence electrons. The van der Waals surface area contributed by atoms with Gasteiger partial charge in [0, 0.05) is 18.0 Å². The Kier molecular flexibility index (Phi) is 4.95. The molecule has 1 fully saturated rings. The predicted molar refractivity (Wildman–Crippen MR) is 80.9 cm³/mol. The number of aryl methyl sites for hydroxylation is 1. The lowest BCUT2D eigenvalue weighted by Crippen LogP contribution is -2.43. The van der Waals surface area contributed by atoms with Crippen LogP contribution >= 0.6 is 23.6 Å². The summed E-state index contributed by atoms with van der Waals surface area (Å²) >= 11 is 7.17. The fourth-order valence-corrected chi connectivity index (χ4v) is 3.36. The Morgan fingerprint density at radius 1 is 1.50 bits per heavy atom. The van der Waals surface area contributed by atoms with Gasteiger partial charge in [-0.3, -0.25) is 0 Å². The second kappa shape index (κ2) is 6.48. The number of nitrogens with zero attached hydrogens (tertiary/aromatic N) is 2. The molecule has 1 aromatic heterocycles. The third-order valence-electron chi connectivity index (χ3n) is 3.51. The Morgan fingerprint density at radius 3 is 2.83 bits per heavy atom. The summed E-state index contributed by atoms with van der Waals surface area (Å²) in [5.41, 5.74) is 3.02. The lowest BCUT2D eigenvalue weighted by molar-refractivity contribution is 0.393. The summed E-state index contributed by atoms with van der Waals surface area (Å²) < 4.78 is 0. The van der Waals surface area contributed by atoms with E-state index in [1.165, 1.54) is 37.0 Å². The molecule has 1 aliphatic carbocycles. The van der Waals surface area contributed by atoms with Gasteiger partial charge in [-0.2, -0.15) is 0 Å². The maximum atomic E-state index is 5.47. The normalized spacial score (nSPS) is 16.6. The van der Waals surface area contributed by atoms with E-state index in [1.54, 1.807) is 11.3 Å². The van der Waals surface area contributed by atoms with Crippen LogP contribution in [0.3, 0.4) is 0 Å². The molecular weight excluding hydrogens is 262 g/mol. The van der Waals surface area contributed by atoms with Crippen LogP contribution in [0, 0.1) is 6.92 Å². The van der Waals surface area contributed by atoms with Crippen molar-refractivity contribution in [1.82, 2.24) is 15.2 Å². The summed E-state index contributed by atoms with van der Waals surface area (Å²) in [6, 6.07) is 0.580. The minimum atomic E-state index is 0.580. The molecule has 0 aliphatic heterocycles. The maximum Gasteiger partial charge on any atom is 0.169 e. The van der Waals surface area contributed by atoms with E-state index in [1.807, 2.05) is 5.51 Å². The van der Waals surface area contributed by atoms with Crippen LogP contribution in [0.1, 0.15) is 42.7 Å². The van der Waals surface area contributed by atoms with Crippen molar-refractivity contribution in [2.24, 2.45) is 0 Å². The molecule has 0 aromatic carbocycles. The zero-order valence-corrected chi connectivity index (χ0v) is 12.7. The average Bonchev–Trinajstić information content (AvgIpc) is 2.76. The quantitative estimate of drug-likeness (QED) is 0.863. The largest absolute Gasteiger partial charge is 0.360 e. The zero-order chi connectivity index (χ0) is 13.0. The molecule has 0 atom stereocenters. The number of nitrogens with one attached hydrogen (secondary N) is 1. The van der Waals surface area contributed by atoms with E-state index >= 15 is 0 Å². The molecule has 0 amide bonds. The van der Waals surface area contributed by atoms with E-state index in [-0.39, 0.29) is 0 Å². The third-order valence-corrected chi connectivity index (χ3v) is 4.85. The summed E-state index contributed by atoms with van der Waals surface area (Å²) in [7, 11) is 2.05. The van der Waals surface area contributed by atoms with Crippen molar-refractivity contribution in [2.75, 3.05) is 7.05 Å². The van der Waals surface area contributed by atoms with Gasteiger partial charge < -0.3 is 10.2 Å². The smallest absolute Gasteiger partial charge is 0.169 e. The molecule has 18 heavy (non-hydrogen) atoms. The number of hydrogen-bond acceptors (Lipinski definition) is 3. The summed E-state index contributed by atoms with van der Waals surface area (Å²) in [4.78, 5) is 7.68. The highest BCUT2D eigenvalue weighted by Crippen LogP contribution is 2.18. The molecule has 1 heterocycles. The lowest BCUT2D eigenvalue weighted by atomic mass is 9.96. The van der Waals surface area contributed by atoms with Gasteiger partial charge >= 0.3 is 0 Å². The molecule has 2 rings (SSSR count). The van der Waals surface area contributed by atoms with Crippen LogP contribution in [-0.4, -0.2) is 28.1 Å². The Bertz CT molecular complexity index is 397. The molecule has 1 aromatic rings. The van der Waals surface area contributed by atoms with Gasteiger partial charge in [0.1, 0.15) is 0 Å². The van der Waals surface area contributed by atoms with Crippen molar-refractivity contribution in [2.45, 2.75) is 51.6 Å². The summed E-state index contributed by atoms with van der Waals surface area (Å²) in [5.74, 6) is 0. The molecule has 1 N–H and O–H groups in total. The standard InChI is InChI=1S/C13H21N3S2/c1-10-12(18-9-14-10)8-16(2)13(17)15-11-6-4-3-5-7-11/h9,11H,3-8H2,1-2H3,(H,15,17). The molecule has 0 bridgehead atoms. The van der Waals surface area contributed by atoms with E-state index in [0.717, 1.165) is 17.4 Å². The number of thiocarbonyl (C=S) groups is 1. The van der Waals surface area contributed by atoms with E-state index in [4.69, 9.17) is 12.2 Å². The van der Waals surface area contributed by atoms with E-state index in [0.29, 0.717) is 6.04 Å². The summed E-state index contributed by atoms with van der Waals surface area (Å²) in [5, 5.41) is 4.36. The van der Waals surface area contributed by atoms with Crippen molar-refractivity contribution in [3.8, 4) is 0 Å². The number of rotatable bonds is 3. The van der Waals surface area contributed by atoms with Gasteiger partial charge in [-0.05, 0) is 32.0 Å². The first kappa shape index (κ1) is 13.7. The molecule has 0 unspecified atom stereocenters. The van der Waals surface area contributed by atoms with Gasteiger partial charge in [0.05, 0.1) is 17.7 Å². The SMILES string of the molecule is Cc1ncsc1CN(C)C(=S)NC1CCCCC1. The number of aromatic nitrogens is 1. The van der Waals surface area contributed by atoms with Crippen LogP contribution in [0.15, 0.2) is 5.51 Å². The van der Waals surface area contributed by atoms with E-state index < -0.39 is 0 Å². The van der Waals surface area contributed by atoms with Gasteiger partial charge in [0.2, 0.25) is 0 Å². The first-order valence-electron chi connectivity index (χ1n) is 6.57. The van der Waals surface area contributed by atoms with Gasteiger partial charge in [0.25, 0.3) is 0 Å². The minimum absolute atomic E-state index is 0.580. The predicted octanol–water partition coefficient (Wildman–Crippen LogP) is 3.09. The van der Waals surface area contributed by atoms with Crippen molar-refractivity contribution >= 4 is 28.7 Å². The van der Waals surface area contributed by atoms with E-state index in [2.05, 4.69) is 29.2 Å². The van der Waals surface area contributed by atoms with Gasteiger partial charge in [-0.25, -0.2) is 4.98 Å². The fraction of sp³-hybridized carbons (Fsp3) is 0.692. The monoisotopic (exact) mass is 283 g/mol. The molecule has 0 saturated heterocycles. The van der Waals surface area contributed by atoms with Crippen molar-refractivity contribution in [1.29, 1.82) is 0 Å². The second-order valence-electron chi connectivity index (χ2n) is 5.00. The molecule has 0 spiro atoms. The fourth-order valence-electron chi connectivity index (χ4n) is 2.30. The highest BCUT2D eigenvalue weighted by atomic mass is 32.1. The van der Waals surface area contributed by atoms with Crippen LogP contribution in [0.4, 0.5) is 0 Å². The summed E-state index contributed by atoms with van der Waals surface area (Å²) in [6.07, 6.45) is 6.55. The van der Waals surface area contributed by atoms with Gasteiger partial charge in [-0.15, -0.1) is 11.3 Å². The third kappa shape index (κ3) is 3.65. The first-order chi connectivity index (χ1) is 8.66. The van der Waals surface area contributed by atoms with Crippen LogP contribution in [0.25, 0.3) is 0 Å². The number of thiazole rings is 1. The molecule has 0 radical (unpaired) electrons. The van der Waals surface area contributed by atoms with Crippen molar-refractivity contribution in [3.05, 3.63) is 16.1 Å². The van der Waals surface area contributed by atoms with Crippen molar-refractivity contribution in [3.63, 3.8) is 0 Å². The second-order valence-corrected chi connectivity index (χ2v) is 6.33. The first-order valence-corrected chi connectivity index (χ1v) is 7.86.